The average Bonchev–Trinajstić information content (AvgIpc) is 2.17. The summed E-state index contributed by atoms with van der Waals surface area (Å²) in [7, 11) is 0. The van der Waals surface area contributed by atoms with Gasteiger partial charge in [-0.2, -0.15) is 0 Å². The lowest BCUT2D eigenvalue weighted by Crippen LogP contribution is -2.41. The number of nitrogens with zero attached hydrogens (tertiary/aromatic N) is 1. The van der Waals surface area contributed by atoms with E-state index in [9.17, 15) is 0 Å². The van der Waals surface area contributed by atoms with E-state index in [-0.39, 0.29) is 6.61 Å². The summed E-state index contributed by atoms with van der Waals surface area (Å²) in [4.78, 5) is 2.40. The maximum atomic E-state index is 9.04. The van der Waals surface area contributed by atoms with Gasteiger partial charge in [0.2, 0.25) is 0 Å². The zero-order valence-corrected chi connectivity index (χ0v) is 9.10. The Bertz CT molecular complexity index is 282. The topological polar surface area (TPSA) is 23.5 Å². The standard InChI is InChI=1S/C13H19NO/c15-10-9-14(13-7-4-8-13)11-12-5-2-1-3-6-12/h1-3,5-6,13,15H,4,7-11H2. The Kier molecular flexibility index (Phi) is 3.75. The molecule has 1 saturated carbocycles. The molecule has 15 heavy (non-hydrogen) atoms. The summed E-state index contributed by atoms with van der Waals surface area (Å²) in [6.07, 6.45) is 3.95. The van der Waals surface area contributed by atoms with Crippen molar-refractivity contribution in [3.8, 4) is 0 Å². The molecule has 2 rings (SSSR count). The number of aliphatic hydroxyl groups excluding tert-OH is 1. The van der Waals surface area contributed by atoms with Gasteiger partial charge in [-0.3, -0.25) is 4.90 Å². The van der Waals surface area contributed by atoms with Crippen LogP contribution >= 0.6 is 0 Å². The largest absolute Gasteiger partial charge is 0.395 e. The van der Waals surface area contributed by atoms with Crippen molar-refractivity contribution in [2.45, 2.75) is 31.8 Å². The van der Waals surface area contributed by atoms with Gasteiger partial charge in [0.15, 0.2) is 0 Å². The molecule has 1 N–H and O–H groups in total. The third kappa shape index (κ3) is 2.80. The van der Waals surface area contributed by atoms with Crippen molar-refractivity contribution in [1.82, 2.24) is 4.90 Å². The summed E-state index contributed by atoms with van der Waals surface area (Å²) < 4.78 is 0. The number of rotatable bonds is 5. The Balaban J connectivity index is 1.93. The smallest absolute Gasteiger partial charge is 0.0558 e. The van der Waals surface area contributed by atoms with Crippen molar-refractivity contribution >= 4 is 0 Å². The Morgan fingerprint density at radius 1 is 1.20 bits per heavy atom. The summed E-state index contributed by atoms with van der Waals surface area (Å²) in [6, 6.07) is 11.2. The zero-order valence-electron chi connectivity index (χ0n) is 9.10. The van der Waals surface area contributed by atoms with Crippen LogP contribution in [0.25, 0.3) is 0 Å². The molecule has 1 fully saturated rings. The molecule has 0 spiro atoms. The van der Waals surface area contributed by atoms with Crippen LogP contribution in [0.5, 0.6) is 0 Å². The fourth-order valence-corrected chi connectivity index (χ4v) is 2.09. The number of aliphatic hydroxyl groups is 1. The molecule has 2 nitrogen and oxygen atoms in total. The average molecular weight is 205 g/mol. The van der Waals surface area contributed by atoms with E-state index < -0.39 is 0 Å². The van der Waals surface area contributed by atoms with Crippen molar-refractivity contribution in [2.24, 2.45) is 0 Å². The number of hydrogen-bond acceptors (Lipinski definition) is 2. The highest BCUT2D eigenvalue weighted by molar-refractivity contribution is 5.14. The molecule has 1 aliphatic rings. The van der Waals surface area contributed by atoms with E-state index >= 15 is 0 Å². The highest BCUT2D eigenvalue weighted by atomic mass is 16.3. The van der Waals surface area contributed by atoms with E-state index in [1.54, 1.807) is 0 Å². The molecule has 82 valence electrons. The molecular weight excluding hydrogens is 186 g/mol. The van der Waals surface area contributed by atoms with E-state index in [0.717, 1.165) is 13.1 Å². The first-order valence-electron chi connectivity index (χ1n) is 5.79. The summed E-state index contributed by atoms with van der Waals surface area (Å²) in [5.74, 6) is 0. The summed E-state index contributed by atoms with van der Waals surface area (Å²) >= 11 is 0. The van der Waals surface area contributed by atoms with Gasteiger partial charge in [0.25, 0.3) is 0 Å². The second-order valence-electron chi connectivity index (χ2n) is 4.26. The monoisotopic (exact) mass is 205 g/mol. The second kappa shape index (κ2) is 5.29. The van der Waals surface area contributed by atoms with E-state index in [0.29, 0.717) is 6.04 Å². The van der Waals surface area contributed by atoms with Gasteiger partial charge in [0.05, 0.1) is 6.61 Å². The van der Waals surface area contributed by atoms with Gasteiger partial charge in [0.1, 0.15) is 0 Å². The SMILES string of the molecule is OCCN(Cc1ccccc1)C1CCC1. The van der Waals surface area contributed by atoms with Crippen molar-refractivity contribution < 1.29 is 5.11 Å². The van der Waals surface area contributed by atoms with Crippen LogP contribution < -0.4 is 0 Å². The molecule has 0 bridgehead atoms. The summed E-state index contributed by atoms with van der Waals surface area (Å²) in [5, 5.41) is 9.04. The molecule has 0 amide bonds. The summed E-state index contributed by atoms with van der Waals surface area (Å²) in [6.45, 7) is 2.05. The van der Waals surface area contributed by atoms with Gasteiger partial charge in [-0.15, -0.1) is 0 Å². The van der Waals surface area contributed by atoms with Crippen LogP contribution in [-0.2, 0) is 6.54 Å². The predicted octanol–water partition coefficient (Wildman–Crippen LogP) is 2.03. The highest BCUT2D eigenvalue weighted by Crippen LogP contribution is 2.25. The molecule has 0 atom stereocenters. The van der Waals surface area contributed by atoms with Gasteiger partial charge in [0, 0.05) is 19.1 Å². The molecule has 1 aliphatic carbocycles. The molecule has 1 aromatic rings. The molecule has 0 aromatic heterocycles. The third-order valence-electron chi connectivity index (χ3n) is 3.21. The Morgan fingerprint density at radius 2 is 1.93 bits per heavy atom. The molecule has 0 unspecified atom stereocenters. The third-order valence-corrected chi connectivity index (χ3v) is 3.21. The highest BCUT2D eigenvalue weighted by Gasteiger charge is 2.24. The van der Waals surface area contributed by atoms with Crippen molar-refractivity contribution in [2.75, 3.05) is 13.2 Å². The Hall–Kier alpha value is -0.860. The molecule has 0 heterocycles. The summed E-state index contributed by atoms with van der Waals surface area (Å²) in [5.41, 5.74) is 1.35. The first-order chi connectivity index (χ1) is 7.40. The molecule has 2 heteroatoms. The van der Waals surface area contributed by atoms with Gasteiger partial charge in [-0.1, -0.05) is 36.8 Å². The zero-order chi connectivity index (χ0) is 10.5. The van der Waals surface area contributed by atoms with Gasteiger partial charge >= 0.3 is 0 Å². The molecule has 0 aliphatic heterocycles. The fraction of sp³-hybridized carbons (Fsp3) is 0.538. The van der Waals surface area contributed by atoms with Crippen molar-refractivity contribution in [1.29, 1.82) is 0 Å². The molecule has 1 aromatic carbocycles. The van der Waals surface area contributed by atoms with E-state index in [4.69, 9.17) is 5.11 Å². The van der Waals surface area contributed by atoms with E-state index in [1.807, 2.05) is 6.07 Å². The maximum absolute atomic E-state index is 9.04. The Labute approximate surface area is 91.5 Å². The quantitative estimate of drug-likeness (QED) is 0.795. The molecular formula is C13H19NO. The van der Waals surface area contributed by atoms with Crippen molar-refractivity contribution in [3.05, 3.63) is 35.9 Å². The van der Waals surface area contributed by atoms with Crippen molar-refractivity contribution in [3.63, 3.8) is 0 Å². The van der Waals surface area contributed by atoms with E-state index in [1.165, 1.54) is 24.8 Å². The maximum Gasteiger partial charge on any atom is 0.0558 e. The minimum atomic E-state index is 0.267. The van der Waals surface area contributed by atoms with Gasteiger partial charge in [-0.05, 0) is 18.4 Å². The first kappa shape index (κ1) is 10.7. The lowest BCUT2D eigenvalue weighted by molar-refractivity contribution is 0.0945. The first-order valence-corrected chi connectivity index (χ1v) is 5.79. The lowest BCUT2D eigenvalue weighted by atomic mass is 9.91. The minimum absolute atomic E-state index is 0.267. The van der Waals surface area contributed by atoms with Crippen LogP contribution in [0.15, 0.2) is 30.3 Å². The molecule has 0 radical (unpaired) electrons. The van der Waals surface area contributed by atoms with Crippen LogP contribution in [0.1, 0.15) is 24.8 Å². The fourth-order valence-electron chi connectivity index (χ4n) is 2.09. The van der Waals surface area contributed by atoms with Gasteiger partial charge in [-0.25, -0.2) is 0 Å². The predicted molar refractivity (Wildman–Crippen MR) is 61.6 cm³/mol. The lowest BCUT2D eigenvalue weighted by Gasteiger charge is -2.37. The normalized spacial score (nSPS) is 16.7. The van der Waals surface area contributed by atoms with Crippen LogP contribution in [0.4, 0.5) is 0 Å². The van der Waals surface area contributed by atoms with Crippen LogP contribution in [0.2, 0.25) is 0 Å². The van der Waals surface area contributed by atoms with E-state index in [2.05, 4.69) is 29.2 Å². The van der Waals surface area contributed by atoms with Crippen LogP contribution in [0.3, 0.4) is 0 Å². The number of hydrogen-bond donors (Lipinski definition) is 1. The Morgan fingerprint density at radius 3 is 2.47 bits per heavy atom. The van der Waals surface area contributed by atoms with Crippen LogP contribution in [-0.4, -0.2) is 29.2 Å². The van der Waals surface area contributed by atoms with Gasteiger partial charge < -0.3 is 5.11 Å². The second-order valence-corrected chi connectivity index (χ2v) is 4.26. The van der Waals surface area contributed by atoms with Crippen LogP contribution in [0, 0.1) is 0 Å². The molecule has 0 saturated heterocycles. The minimum Gasteiger partial charge on any atom is -0.395 e. The number of benzene rings is 1.